The maximum atomic E-state index is 12.4. The summed E-state index contributed by atoms with van der Waals surface area (Å²) >= 11 is 0. The number of non-ortho nitro benzene ring substituents is 1. The van der Waals surface area contributed by atoms with Gasteiger partial charge in [-0.2, -0.15) is 0 Å². The van der Waals surface area contributed by atoms with Crippen LogP contribution in [0.2, 0.25) is 0 Å². The summed E-state index contributed by atoms with van der Waals surface area (Å²) in [7, 11) is 0. The number of pyridine rings is 1. The van der Waals surface area contributed by atoms with Gasteiger partial charge in [-0.3, -0.25) is 40.4 Å². The third-order valence-electron chi connectivity index (χ3n) is 4.62. The van der Waals surface area contributed by atoms with Gasteiger partial charge in [-0.25, -0.2) is 0 Å². The molecule has 1 aliphatic heterocycles. The molecular weight excluding hydrogens is 362 g/mol. The Labute approximate surface area is 161 Å². The topological polar surface area (TPSA) is 117 Å². The van der Waals surface area contributed by atoms with Gasteiger partial charge < -0.3 is 0 Å². The molecule has 0 spiro atoms. The van der Waals surface area contributed by atoms with Crippen molar-refractivity contribution in [2.75, 3.05) is 13.1 Å². The second-order valence-corrected chi connectivity index (χ2v) is 6.69. The lowest BCUT2D eigenvalue weighted by atomic mass is 9.97. The summed E-state index contributed by atoms with van der Waals surface area (Å²) in [6.45, 7) is 2.21. The summed E-state index contributed by atoms with van der Waals surface area (Å²) in [6, 6.07) is 9.21. The van der Waals surface area contributed by atoms with Gasteiger partial charge in [0, 0.05) is 43.2 Å². The Hall–Kier alpha value is -3.33. The molecule has 28 heavy (non-hydrogen) atoms. The first-order valence-corrected chi connectivity index (χ1v) is 8.99. The first kappa shape index (κ1) is 19.4. The molecule has 1 aliphatic rings. The van der Waals surface area contributed by atoms with E-state index >= 15 is 0 Å². The summed E-state index contributed by atoms with van der Waals surface area (Å²) in [5.74, 6) is -1.11. The highest BCUT2D eigenvalue weighted by Crippen LogP contribution is 2.18. The Balaban J connectivity index is 1.52. The van der Waals surface area contributed by atoms with E-state index in [1.807, 2.05) is 18.3 Å². The zero-order valence-electron chi connectivity index (χ0n) is 15.2. The van der Waals surface area contributed by atoms with E-state index in [1.165, 1.54) is 18.2 Å². The molecule has 0 unspecified atom stereocenters. The predicted octanol–water partition coefficient (Wildman–Crippen LogP) is 1.66. The number of hydrazine groups is 1. The van der Waals surface area contributed by atoms with Gasteiger partial charge in [0.2, 0.25) is 5.91 Å². The highest BCUT2D eigenvalue weighted by molar-refractivity contribution is 5.96. The van der Waals surface area contributed by atoms with Crippen molar-refractivity contribution in [1.29, 1.82) is 0 Å². The van der Waals surface area contributed by atoms with Gasteiger partial charge in [0.05, 0.1) is 10.8 Å². The molecule has 146 valence electrons. The molecule has 0 bridgehead atoms. The number of carbonyl (C=O) groups is 2. The molecule has 2 amide bonds. The van der Waals surface area contributed by atoms with Gasteiger partial charge in [-0.05, 0) is 37.1 Å². The van der Waals surface area contributed by atoms with Crippen LogP contribution < -0.4 is 10.9 Å². The lowest BCUT2D eigenvalue weighted by Crippen LogP contribution is -2.48. The van der Waals surface area contributed by atoms with E-state index in [1.54, 1.807) is 6.20 Å². The van der Waals surface area contributed by atoms with Gasteiger partial charge in [-0.1, -0.05) is 12.1 Å². The number of nitro benzene ring substituents is 1. The normalized spacial score (nSPS) is 16.9. The second-order valence-electron chi connectivity index (χ2n) is 6.69. The summed E-state index contributed by atoms with van der Waals surface area (Å²) in [4.78, 5) is 41.1. The molecule has 2 aromatic rings. The van der Waals surface area contributed by atoms with Crippen LogP contribution in [0.4, 0.5) is 5.69 Å². The van der Waals surface area contributed by atoms with Crippen LogP contribution in [-0.2, 0) is 11.3 Å². The summed E-state index contributed by atoms with van der Waals surface area (Å²) in [6.07, 6.45) is 5.15. The SMILES string of the molecule is O=C(NNC(=O)[C@H]1CCCN(Cc2cccnc2)C1)c1cccc([N+](=O)[O-])c1. The quantitative estimate of drug-likeness (QED) is 0.599. The van der Waals surface area contributed by atoms with Crippen molar-refractivity contribution in [3.63, 3.8) is 0 Å². The van der Waals surface area contributed by atoms with Crippen LogP contribution in [0.15, 0.2) is 48.8 Å². The summed E-state index contributed by atoms with van der Waals surface area (Å²) in [5, 5.41) is 10.8. The van der Waals surface area contributed by atoms with Crippen molar-refractivity contribution in [2.45, 2.75) is 19.4 Å². The largest absolute Gasteiger partial charge is 0.298 e. The molecule has 0 radical (unpaired) electrons. The first-order valence-electron chi connectivity index (χ1n) is 8.99. The van der Waals surface area contributed by atoms with E-state index in [-0.39, 0.29) is 23.1 Å². The van der Waals surface area contributed by atoms with Crippen LogP contribution in [0, 0.1) is 16.0 Å². The summed E-state index contributed by atoms with van der Waals surface area (Å²) < 4.78 is 0. The van der Waals surface area contributed by atoms with Crippen LogP contribution in [0.3, 0.4) is 0 Å². The van der Waals surface area contributed by atoms with E-state index < -0.39 is 10.8 Å². The number of amides is 2. The third kappa shape index (κ3) is 5.10. The van der Waals surface area contributed by atoms with Crippen molar-refractivity contribution in [3.05, 3.63) is 70.0 Å². The average Bonchev–Trinajstić information content (AvgIpc) is 2.72. The van der Waals surface area contributed by atoms with Crippen molar-refractivity contribution < 1.29 is 14.5 Å². The monoisotopic (exact) mass is 383 g/mol. The lowest BCUT2D eigenvalue weighted by Gasteiger charge is -2.31. The fourth-order valence-electron chi connectivity index (χ4n) is 3.22. The minimum atomic E-state index is -0.597. The van der Waals surface area contributed by atoms with Crippen LogP contribution in [-0.4, -0.2) is 39.7 Å². The minimum absolute atomic E-state index is 0.108. The Morgan fingerprint density at radius 1 is 1.25 bits per heavy atom. The fourth-order valence-corrected chi connectivity index (χ4v) is 3.22. The zero-order chi connectivity index (χ0) is 19.9. The molecular formula is C19H21N5O4. The van der Waals surface area contributed by atoms with E-state index in [2.05, 4.69) is 20.7 Å². The van der Waals surface area contributed by atoms with Crippen LogP contribution in [0.25, 0.3) is 0 Å². The van der Waals surface area contributed by atoms with Crippen molar-refractivity contribution in [2.24, 2.45) is 5.92 Å². The first-order chi connectivity index (χ1) is 13.5. The van der Waals surface area contributed by atoms with Gasteiger partial charge in [-0.15, -0.1) is 0 Å². The van der Waals surface area contributed by atoms with Crippen LogP contribution >= 0.6 is 0 Å². The molecule has 2 N–H and O–H groups in total. The van der Waals surface area contributed by atoms with Crippen LogP contribution in [0.1, 0.15) is 28.8 Å². The maximum absolute atomic E-state index is 12.4. The van der Waals surface area contributed by atoms with Crippen molar-refractivity contribution in [3.8, 4) is 0 Å². The zero-order valence-corrected chi connectivity index (χ0v) is 15.2. The Bertz CT molecular complexity index is 858. The number of hydrogen-bond donors (Lipinski definition) is 2. The number of rotatable bonds is 5. The molecule has 9 heteroatoms. The predicted molar refractivity (Wildman–Crippen MR) is 101 cm³/mol. The van der Waals surface area contributed by atoms with Crippen molar-refractivity contribution in [1.82, 2.24) is 20.7 Å². The molecule has 3 rings (SSSR count). The Morgan fingerprint density at radius 3 is 2.86 bits per heavy atom. The Morgan fingerprint density at radius 2 is 2.11 bits per heavy atom. The molecule has 0 saturated carbocycles. The second kappa shape index (κ2) is 9.05. The van der Waals surface area contributed by atoms with E-state index in [0.29, 0.717) is 6.54 Å². The highest BCUT2D eigenvalue weighted by atomic mass is 16.6. The molecule has 9 nitrogen and oxygen atoms in total. The fraction of sp³-hybridized carbons (Fsp3) is 0.316. The van der Waals surface area contributed by atoms with E-state index in [0.717, 1.165) is 37.6 Å². The van der Waals surface area contributed by atoms with Gasteiger partial charge in [0.15, 0.2) is 0 Å². The summed E-state index contributed by atoms with van der Waals surface area (Å²) in [5.41, 5.74) is 5.78. The molecule has 1 atom stereocenters. The maximum Gasteiger partial charge on any atom is 0.270 e. The van der Waals surface area contributed by atoms with Gasteiger partial charge in [0.25, 0.3) is 11.6 Å². The number of nitro groups is 1. The van der Waals surface area contributed by atoms with Crippen molar-refractivity contribution >= 4 is 17.5 Å². The van der Waals surface area contributed by atoms with E-state index in [4.69, 9.17) is 0 Å². The molecule has 1 aromatic heterocycles. The lowest BCUT2D eigenvalue weighted by molar-refractivity contribution is -0.384. The van der Waals surface area contributed by atoms with Gasteiger partial charge >= 0.3 is 0 Å². The number of hydrogen-bond acceptors (Lipinski definition) is 6. The number of nitrogens with one attached hydrogen (secondary N) is 2. The number of carbonyl (C=O) groups excluding carboxylic acids is 2. The number of likely N-dealkylation sites (tertiary alicyclic amines) is 1. The molecule has 0 aliphatic carbocycles. The number of benzene rings is 1. The molecule has 1 fully saturated rings. The molecule has 1 saturated heterocycles. The number of piperidine rings is 1. The standard InChI is InChI=1S/C19H21N5O4/c25-18(15-5-1-7-17(10-15)24(27)28)21-22-19(26)16-6-3-9-23(13-16)12-14-4-2-8-20-11-14/h1-2,4-5,7-8,10-11,16H,3,6,9,12-13H2,(H,21,25)(H,22,26)/t16-/m0/s1. The number of nitrogens with zero attached hydrogens (tertiary/aromatic N) is 3. The highest BCUT2D eigenvalue weighted by Gasteiger charge is 2.26. The minimum Gasteiger partial charge on any atom is -0.298 e. The number of aromatic nitrogens is 1. The molecule has 2 heterocycles. The van der Waals surface area contributed by atoms with Gasteiger partial charge in [0.1, 0.15) is 0 Å². The third-order valence-corrected chi connectivity index (χ3v) is 4.62. The average molecular weight is 383 g/mol. The smallest absolute Gasteiger partial charge is 0.270 e. The van der Waals surface area contributed by atoms with Crippen LogP contribution in [0.5, 0.6) is 0 Å². The molecule has 1 aromatic carbocycles. The van der Waals surface area contributed by atoms with E-state index in [9.17, 15) is 19.7 Å². The Kier molecular flexibility index (Phi) is 6.28.